The summed E-state index contributed by atoms with van der Waals surface area (Å²) < 4.78 is 11.1. The van der Waals surface area contributed by atoms with Gasteiger partial charge in [-0.1, -0.05) is 18.1 Å². The molecule has 0 spiro atoms. The van der Waals surface area contributed by atoms with Crippen LogP contribution in [0.4, 0.5) is 0 Å². The summed E-state index contributed by atoms with van der Waals surface area (Å²) in [6.45, 7) is 2.09. The fourth-order valence-electron chi connectivity index (χ4n) is 1.00. The van der Waals surface area contributed by atoms with Crippen LogP contribution in [-0.2, 0) is 11.2 Å². The van der Waals surface area contributed by atoms with E-state index in [2.05, 4.69) is 6.92 Å². The summed E-state index contributed by atoms with van der Waals surface area (Å²) in [6.07, 6.45) is 4.81. The summed E-state index contributed by atoms with van der Waals surface area (Å²) in [4.78, 5) is 0. The predicted molar refractivity (Wildman–Crippen MR) is 40.9 cm³/mol. The standard InChI is InChI=1S/C7H14OS/c1-2-6-9(8)7-4-3-5-7/h7H,2-6H2,1H3. The molecule has 54 valence electrons. The minimum absolute atomic E-state index is 0.478. The predicted octanol–water partition coefficient (Wildman–Crippen LogP) is 1.70. The van der Waals surface area contributed by atoms with E-state index in [9.17, 15) is 4.55 Å². The molecular formula is C7H14OS. The lowest BCUT2D eigenvalue weighted by Gasteiger charge is -2.27. The SMILES string of the molecule is CCC[S+]([O-])C1CCC1. The molecule has 1 rings (SSSR count). The van der Waals surface area contributed by atoms with E-state index in [0.29, 0.717) is 5.25 Å². The van der Waals surface area contributed by atoms with Crippen molar-refractivity contribution in [2.45, 2.75) is 37.9 Å². The van der Waals surface area contributed by atoms with Crippen LogP contribution in [0.5, 0.6) is 0 Å². The second-order valence-corrected chi connectivity index (χ2v) is 4.47. The van der Waals surface area contributed by atoms with Crippen LogP contribution in [0.1, 0.15) is 32.6 Å². The van der Waals surface area contributed by atoms with Crippen LogP contribution in [0, 0.1) is 0 Å². The van der Waals surface area contributed by atoms with E-state index < -0.39 is 11.2 Å². The Morgan fingerprint density at radius 3 is 2.56 bits per heavy atom. The first-order valence-corrected chi connectivity index (χ1v) is 5.10. The molecule has 9 heavy (non-hydrogen) atoms. The Labute approximate surface area is 60.0 Å². The lowest BCUT2D eigenvalue weighted by Crippen LogP contribution is -2.30. The van der Waals surface area contributed by atoms with Gasteiger partial charge < -0.3 is 4.55 Å². The number of hydrogen-bond acceptors (Lipinski definition) is 1. The Morgan fingerprint density at radius 1 is 1.56 bits per heavy atom. The van der Waals surface area contributed by atoms with Gasteiger partial charge in [0.15, 0.2) is 0 Å². The molecule has 0 bridgehead atoms. The van der Waals surface area contributed by atoms with Crippen molar-refractivity contribution < 1.29 is 4.55 Å². The van der Waals surface area contributed by atoms with Gasteiger partial charge in [-0.3, -0.25) is 0 Å². The second-order valence-electron chi connectivity index (χ2n) is 2.64. The highest BCUT2D eigenvalue weighted by atomic mass is 32.2. The van der Waals surface area contributed by atoms with E-state index in [1.54, 1.807) is 0 Å². The Hall–Kier alpha value is 0.310. The van der Waals surface area contributed by atoms with E-state index >= 15 is 0 Å². The van der Waals surface area contributed by atoms with Crippen LogP contribution in [-0.4, -0.2) is 15.6 Å². The van der Waals surface area contributed by atoms with E-state index in [1.165, 1.54) is 19.3 Å². The molecule has 0 amide bonds. The summed E-state index contributed by atoms with van der Waals surface area (Å²) >= 11 is -0.478. The Morgan fingerprint density at radius 2 is 2.22 bits per heavy atom. The molecule has 0 radical (unpaired) electrons. The number of rotatable bonds is 3. The molecule has 0 N–H and O–H groups in total. The van der Waals surface area contributed by atoms with Crippen molar-refractivity contribution in [2.24, 2.45) is 0 Å². The van der Waals surface area contributed by atoms with Crippen molar-refractivity contribution in [3.8, 4) is 0 Å². The molecule has 1 nitrogen and oxygen atoms in total. The van der Waals surface area contributed by atoms with E-state index in [4.69, 9.17) is 0 Å². The highest BCUT2D eigenvalue weighted by molar-refractivity contribution is 7.92. The monoisotopic (exact) mass is 146 g/mol. The normalized spacial score (nSPS) is 23.3. The zero-order chi connectivity index (χ0) is 6.69. The molecule has 0 aromatic carbocycles. The van der Waals surface area contributed by atoms with Crippen LogP contribution in [0.2, 0.25) is 0 Å². The molecule has 1 unspecified atom stereocenters. The second kappa shape index (κ2) is 3.47. The summed E-state index contributed by atoms with van der Waals surface area (Å²) in [7, 11) is 0. The van der Waals surface area contributed by atoms with Gasteiger partial charge in [-0.15, -0.1) is 0 Å². The first-order chi connectivity index (χ1) is 4.34. The maximum atomic E-state index is 11.1. The molecule has 0 aromatic rings. The van der Waals surface area contributed by atoms with Gasteiger partial charge in [-0.2, -0.15) is 0 Å². The Balaban J connectivity index is 2.08. The Kier molecular flexibility index (Phi) is 2.86. The van der Waals surface area contributed by atoms with Crippen molar-refractivity contribution in [3.63, 3.8) is 0 Å². The van der Waals surface area contributed by atoms with Crippen LogP contribution in [0.3, 0.4) is 0 Å². The summed E-state index contributed by atoms with van der Waals surface area (Å²) in [5.74, 6) is 0.921. The molecular weight excluding hydrogens is 132 g/mol. The van der Waals surface area contributed by atoms with Gasteiger partial charge in [-0.05, 0) is 25.7 Å². The van der Waals surface area contributed by atoms with Gasteiger partial charge in [0, 0.05) is 0 Å². The summed E-state index contributed by atoms with van der Waals surface area (Å²) in [6, 6.07) is 0. The molecule has 1 fully saturated rings. The number of hydrogen-bond donors (Lipinski definition) is 0. The third-order valence-corrected chi connectivity index (χ3v) is 3.85. The largest absolute Gasteiger partial charge is 0.616 e. The van der Waals surface area contributed by atoms with Crippen molar-refractivity contribution in [1.82, 2.24) is 0 Å². The van der Waals surface area contributed by atoms with Crippen LogP contribution in [0.25, 0.3) is 0 Å². The van der Waals surface area contributed by atoms with Crippen LogP contribution >= 0.6 is 0 Å². The topological polar surface area (TPSA) is 23.1 Å². The van der Waals surface area contributed by atoms with Crippen LogP contribution in [0.15, 0.2) is 0 Å². The van der Waals surface area contributed by atoms with Crippen molar-refractivity contribution in [1.29, 1.82) is 0 Å². The van der Waals surface area contributed by atoms with Gasteiger partial charge in [-0.25, -0.2) is 0 Å². The van der Waals surface area contributed by atoms with Gasteiger partial charge >= 0.3 is 0 Å². The van der Waals surface area contributed by atoms with E-state index in [1.807, 2.05) is 0 Å². The van der Waals surface area contributed by atoms with E-state index in [-0.39, 0.29) is 0 Å². The highest BCUT2D eigenvalue weighted by Crippen LogP contribution is 2.26. The molecule has 0 saturated heterocycles. The third kappa shape index (κ3) is 1.87. The highest BCUT2D eigenvalue weighted by Gasteiger charge is 2.27. The lowest BCUT2D eigenvalue weighted by atomic mass is 10.0. The zero-order valence-electron chi connectivity index (χ0n) is 5.93. The summed E-state index contributed by atoms with van der Waals surface area (Å²) in [5.41, 5.74) is 0. The zero-order valence-corrected chi connectivity index (χ0v) is 6.75. The molecule has 2 heteroatoms. The Bertz CT molecular complexity index is 81.0. The molecule has 0 aromatic heterocycles. The molecule has 1 saturated carbocycles. The quantitative estimate of drug-likeness (QED) is 0.556. The van der Waals surface area contributed by atoms with E-state index in [0.717, 1.165) is 12.2 Å². The fourth-order valence-corrected chi connectivity index (χ4v) is 2.60. The minimum Gasteiger partial charge on any atom is -0.616 e. The first-order valence-electron chi connectivity index (χ1n) is 3.71. The molecule has 0 heterocycles. The first kappa shape index (κ1) is 7.42. The fraction of sp³-hybridized carbons (Fsp3) is 1.00. The van der Waals surface area contributed by atoms with Crippen molar-refractivity contribution in [2.75, 3.05) is 5.75 Å². The smallest absolute Gasteiger partial charge is 0.115 e. The minimum atomic E-state index is -0.478. The van der Waals surface area contributed by atoms with Crippen LogP contribution < -0.4 is 0 Å². The molecule has 1 aliphatic carbocycles. The molecule has 1 atom stereocenters. The van der Waals surface area contributed by atoms with Crippen molar-refractivity contribution in [3.05, 3.63) is 0 Å². The average Bonchev–Trinajstić information content (AvgIpc) is 1.60. The maximum absolute atomic E-state index is 11.1. The lowest BCUT2D eigenvalue weighted by molar-refractivity contribution is 0.476. The van der Waals surface area contributed by atoms with Gasteiger partial charge in [0.2, 0.25) is 0 Å². The van der Waals surface area contributed by atoms with Crippen molar-refractivity contribution >= 4 is 11.2 Å². The van der Waals surface area contributed by atoms with Gasteiger partial charge in [0.05, 0.1) is 0 Å². The molecule has 0 aliphatic heterocycles. The maximum Gasteiger partial charge on any atom is 0.115 e. The average molecular weight is 146 g/mol. The van der Waals surface area contributed by atoms with Gasteiger partial charge in [0.25, 0.3) is 0 Å². The summed E-state index contributed by atoms with van der Waals surface area (Å²) in [5, 5.41) is 0.574. The third-order valence-electron chi connectivity index (χ3n) is 1.83. The van der Waals surface area contributed by atoms with Gasteiger partial charge in [0.1, 0.15) is 11.0 Å². The molecule has 1 aliphatic rings.